The Morgan fingerprint density at radius 1 is 1.12 bits per heavy atom. The van der Waals surface area contributed by atoms with Crippen LogP contribution in [0.4, 0.5) is 0 Å². The van der Waals surface area contributed by atoms with Gasteiger partial charge in [0.2, 0.25) is 0 Å². The van der Waals surface area contributed by atoms with Crippen LogP contribution in [0.15, 0.2) is 36.7 Å². The lowest BCUT2D eigenvalue weighted by Crippen LogP contribution is -1.78. The number of aromatic amines is 1. The fourth-order valence-corrected chi connectivity index (χ4v) is 1.57. The summed E-state index contributed by atoms with van der Waals surface area (Å²) in [5, 5.41) is 16.9. The molecule has 2 N–H and O–H groups in total. The third-order valence-electron chi connectivity index (χ3n) is 2.31. The maximum Gasteiger partial charge on any atom is 0.138 e. The zero-order valence-electron chi connectivity index (χ0n) is 8.25. The van der Waals surface area contributed by atoms with Crippen LogP contribution >= 0.6 is 0 Å². The molecule has 0 aliphatic heterocycles. The molecule has 0 unspecified atom stereocenters. The van der Waals surface area contributed by atoms with Crippen molar-refractivity contribution in [1.29, 1.82) is 0 Å². The number of phenolic OH excluding ortho intramolecular Hbond substituents is 1. The van der Waals surface area contributed by atoms with E-state index in [0.717, 1.165) is 16.6 Å². The smallest absolute Gasteiger partial charge is 0.138 e. The van der Waals surface area contributed by atoms with Crippen LogP contribution in [0.5, 0.6) is 5.75 Å². The molecule has 0 radical (unpaired) electrons. The number of H-pyrrole nitrogens is 1. The van der Waals surface area contributed by atoms with E-state index in [4.69, 9.17) is 0 Å². The summed E-state index contributed by atoms with van der Waals surface area (Å²) >= 11 is 0. The van der Waals surface area contributed by atoms with Gasteiger partial charge >= 0.3 is 0 Å². The van der Waals surface area contributed by atoms with Crippen molar-refractivity contribution in [3.8, 4) is 17.1 Å². The van der Waals surface area contributed by atoms with Crippen molar-refractivity contribution < 1.29 is 5.11 Å². The predicted octanol–water partition coefficient (Wildman–Crippen LogP) is 1.73. The zero-order valence-corrected chi connectivity index (χ0v) is 8.25. The van der Waals surface area contributed by atoms with Crippen LogP contribution in [-0.4, -0.2) is 25.3 Å². The number of imidazole rings is 1. The number of aromatic hydroxyl groups is 1. The Morgan fingerprint density at radius 2 is 2.00 bits per heavy atom. The molecule has 0 spiro atoms. The van der Waals surface area contributed by atoms with Gasteiger partial charge < -0.3 is 10.1 Å². The minimum Gasteiger partial charge on any atom is -0.508 e. The Bertz CT molecular complexity index is 614. The molecule has 5 heteroatoms. The highest BCUT2D eigenvalue weighted by atomic mass is 16.3. The first-order valence-corrected chi connectivity index (χ1v) is 4.79. The van der Waals surface area contributed by atoms with Gasteiger partial charge in [0.25, 0.3) is 0 Å². The number of rotatable bonds is 1. The molecular weight excluding hydrogens is 204 g/mol. The fraction of sp³-hybridized carbons (Fsp3) is 0. The van der Waals surface area contributed by atoms with Gasteiger partial charge in [-0.1, -0.05) is 12.1 Å². The summed E-state index contributed by atoms with van der Waals surface area (Å²) in [6.07, 6.45) is 3.22. The summed E-state index contributed by atoms with van der Waals surface area (Å²) < 4.78 is 0. The summed E-state index contributed by atoms with van der Waals surface area (Å²) in [6, 6.07) is 6.92. The van der Waals surface area contributed by atoms with E-state index in [-0.39, 0.29) is 5.75 Å². The topological polar surface area (TPSA) is 74.7 Å². The van der Waals surface area contributed by atoms with Gasteiger partial charge in [-0.15, -0.1) is 0 Å². The third kappa shape index (κ3) is 1.38. The Hall–Kier alpha value is -2.43. The van der Waals surface area contributed by atoms with Gasteiger partial charge in [-0.3, -0.25) is 0 Å². The van der Waals surface area contributed by atoms with Crippen LogP contribution in [0.1, 0.15) is 0 Å². The molecule has 3 rings (SSSR count). The standard InChI is InChI=1S/C11H8N4O/c16-8-3-1-2-7(4-8)11-14-9-5-12-13-6-10(9)15-11/h1-6,16H,(H,14,15). The highest BCUT2D eigenvalue weighted by Crippen LogP contribution is 2.22. The molecule has 0 bridgehead atoms. The van der Waals surface area contributed by atoms with Crippen molar-refractivity contribution in [1.82, 2.24) is 20.2 Å². The molecule has 0 amide bonds. The average molecular weight is 212 g/mol. The zero-order chi connectivity index (χ0) is 11.0. The van der Waals surface area contributed by atoms with E-state index in [2.05, 4.69) is 20.2 Å². The largest absolute Gasteiger partial charge is 0.508 e. The minimum absolute atomic E-state index is 0.217. The van der Waals surface area contributed by atoms with Crippen molar-refractivity contribution in [3.05, 3.63) is 36.7 Å². The van der Waals surface area contributed by atoms with Crippen LogP contribution in [0.2, 0.25) is 0 Å². The molecule has 16 heavy (non-hydrogen) atoms. The molecule has 78 valence electrons. The monoisotopic (exact) mass is 212 g/mol. The van der Waals surface area contributed by atoms with Gasteiger partial charge in [0.1, 0.15) is 17.1 Å². The van der Waals surface area contributed by atoms with Crippen LogP contribution in [-0.2, 0) is 0 Å². The van der Waals surface area contributed by atoms with Crippen molar-refractivity contribution in [2.75, 3.05) is 0 Å². The number of nitrogens with zero attached hydrogens (tertiary/aromatic N) is 3. The highest BCUT2D eigenvalue weighted by molar-refractivity contribution is 5.77. The SMILES string of the molecule is Oc1cccc(-c2nc3cnncc3[nH]2)c1. The van der Waals surface area contributed by atoms with E-state index in [9.17, 15) is 5.11 Å². The first-order chi connectivity index (χ1) is 7.83. The first-order valence-electron chi connectivity index (χ1n) is 4.79. The van der Waals surface area contributed by atoms with E-state index in [1.54, 1.807) is 30.6 Å². The van der Waals surface area contributed by atoms with E-state index < -0.39 is 0 Å². The number of fused-ring (bicyclic) bond motifs is 1. The average Bonchev–Trinajstić information content (AvgIpc) is 2.72. The molecule has 3 aromatic rings. The van der Waals surface area contributed by atoms with Gasteiger partial charge in [0.15, 0.2) is 0 Å². The van der Waals surface area contributed by atoms with Gasteiger partial charge in [0, 0.05) is 5.56 Å². The maximum absolute atomic E-state index is 9.38. The second kappa shape index (κ2) is 3.30. The molecule has 0 atom stereocenters. The molecule has 0 aliphatic carbocycles. The number of hydrogen-bond acceptors (Lipinski definition) is 4. The summed E-state index contributed by atoms with van der Waals surface area (Å²) in [6.45, 7) is 0. The number of benzene rings is 1. The van der Waals surface area contributed by atoms with Crippen LogP contribution in [0, 0.1) is 0 Å². The molecule has 5 nitrogen and oxygen atoms in total. The summed E-state index contributed by atoms with van der Waals surface area (Å²) in [5.74, 6) is 0.912. The molecule has 0 saturated carbocycles. The van der Waals surface area contributed by atoms with Gasteiger partial charge in [0.05, 0.1) is 17.9 Å². The van der Waals surface area contributed by atoms with Gasteiger partial charge in [-0.2, -0.15) is 10.2 Å². The van der Waals surface area contributed by atoms with Crippen molar-refractivity contribution in [2.24, 2.45) is 0 Å². The molecule has 2 heterocycles. The second-order valence-electron chi connectivity index (χ2n) is 3.42. The number of phenols is 1. The lowest BCUT2D eigenvalue weighted by atomic mass is 10.2. The molecule has 0 aliphatic rings. The molecule has 0 fully saturated rings. The normalized spacial score (nSPS) is 10.8. The van der Waals surface area contributed by atoms with Crippen LogP contribution in [0.25, 0.3) is 22.4 Å². The molecular formula is C11H8N4O. The van der Waals surface area contributed by atoms with Gasteiger partial charge in [-0.05, 0) is 12.1 Å². The Balaban J connectivity index is 2.19. The summed E-state index contributed by atoms with van der Waals surface area (Å²) in [4.78, 5) is 7.47. The number of hydrogen-bond donors (Lipinski definition) is 2. The maximum atomic E-state index is 9.38. The number of aromatic nitrogens is 4. The Labute approximate surface area is 90.8 Å². The van der Waals surface area contributed by atoms with Crippen molar-refractivity contribution >= 4 is 11.0 Å². The van der Waals surface area contributed by atoms with E-state index in [1.165, 1.54) is 0 Å². The minimum atomic E-state index is 0.217. The van der Waals surface area contributed by atoms with Crippen LogP contribution in [0.3, 0.4) is 0 Å². The predicted molar refractivity (Wildman–Crippen MR) is 58.8 cm³/mol. The quantitative estimate of drug-likeness (QED) is 0.644. The van der Waals surface area contributed by atoms with E-state index >= 15 is 0 Å². The number of nitrogens with one attached hydrogen (secondary N) is 1. The molecule has 0 saturated heterocycles. The Morgan fingerprint density at radius 3 is 2.81 bits per heavy atom. The molecule has 1 aromatic carbocycles. The Kier molecular flexibility index (Phi) is 1.83. The second-order valence-corrected chi connectivity index (χ2v) is 3.42. The first kappa shape index (κ1) is 8.84. The van der Waals surface area contributed by atoms with Gasteiger partial charge in [-0.25, -0.2) is 4.98 Å². The van der Waals surface area contributed by atoms with Crippen LogP contribution < -0.4 is 0 Å². The fourth-order valence-electron chi connectivity index (χ4n) is 1.57. The van der Waals surface area contributed by atoms with E-state index in [1.807, 2.05) is 6.07 Å². The lowest BCUT2D eigenvalue weighted by Gasteiger charge is -1.96. The van der Waals surface area contributed by atoms with E-state index in [0.29, 0.717) is 5.82 Å². The van der Waals surface area contributed by atoms with Crippen molar-refractivity contribution in [2.45, 2.75) is 0 Å². The third-order valence-corrected chi connectivity index (χ3v) is 2.31. The summed E-state index contributed by atoms with van der Waals surface area (Å²) in [5.41, 5.74) is 2.41. The van der Waals surface area contributed by atoms with Crippen molar-refractivity contribution in [3.63, 3.8) is 0 Å². The molecule has 2 aromatic heterocycles. The highest BCUT2D eigenvalue weighted by Gasteiger charge is 2.05. The summed E-state index contributed by atoms with van der Waals surface area (Å²) in [7, 11) is 0. The lowest BCUT2D eigenvalue weighted by molar-refractivity contribution is 0.475.